The Hall–Kier alpha value is -0.340. The minimum absolute atomic E-state index is 0.897. The molecule has 1 aliphatic carbocycles. The number of halogens is 1. The normalized spacial score (nSPS) is 24.1. The molecule has 0 aromatic heterocycles. The van der Waals surface area contributed by atoms with Gasteiger partial charge in [-0.05, 0) is 61.9 Å². The zero-order chi connectivity index (χ0) is 11.4. The average Bonchev–Trinajstić information content (AvgIpc) is 2.25. The van der Waals surface area contributed by atoms with Crippen LogP contribution >= 0.6 is 15.9 Å². The third kappa shape index (κ3) is 3.08. The first kappa shape index (κ1) is 12.1. The number of nitrogens with one attached hydrogen (secondary N) is 1. The van der Waals surface area contributed by atoms with Gasteiger partial charge in [0.15, 0.2) is 0 Å². The molecule has 0 saturated heterocycles. The van der Waals surface area contributed by atoms with Crippen molar-refractivity contribution in [3.63, 3.8) is 0 Å². The van der Waals surface area contributed by atoms with Gasteiger partial charge in [0.05, 0.1) is 0 Å². The molecule has 1 fully saturated rings. The van der Waals surface area contributed by atoms with Gasteiger partial charge in [0.1, 0.15) is 0 Å². The quantitative estimate of drug-likeness (QED) is 0.869. The number of hydrogen-bond donors (Lipinski definition) is 1. The van der Waals surface area contributed by atoms with Crippen molar-refractivity contribution in [2.24, 2.45) is 11.8 Å². The second-order valence-corrected chi connectivity index (χ2v) is 5.65. The van der Waals surface area contributed by atoms with Crippen LogP contribution in [-0.2, 0) is 6.42 Å². The maximum atomic E-state index is 3.54. The molecule has 0 spiro atoms. The SMILES string of the molecule is CCNCC1CCC1Cc1cccc(Br)c1. The summed E-state index contributed by atoms with van der Waals surface area (Å²) < 4.78 is 1.20. The van der Waals surface area contributed by atoms with Crippen molar-refractivity contribution in [2.45, 2.75) is 26.2 Å². The van der Waals surface area contributed by atoms with Crippen molar-refractivity contribution in [3.05, 3.63) is 34.3 Å². The first-order valence-electron chi connectivity index (χ1n) is 6.24. The van der Waals surface area contributed by atoms with Gasteiger partial charge in [0.25, 0.3) is 0 Å². The summed E-state index contributed by atoms with van der Waals surface area (Å²) in [7, 11) is 0. The lowest BCUT2D eigenvalue weighted by Gasteiger charge is -2.37. The molecule has 2 unspecified atom stereocenters. The van der Waals surface area contributed by atoms with E-state index >= 15 is 0 Å². The van der Waals surface area contributed by atoms with E-state index in [0.29, 0.717) is 0 Å². The molecule has 2 rings (SSSR count). The highest BCUT2D eigenvalue weighted by molar-refractivity contribution is 9.10. The summed E-state index contributed by atoms with van der Waals surface area (Å²) in [6.45, 7) is 4.48. The van der Waals surface area contributed by atoms with Crippen LogP contribution in [0.2, 0.25) is 0 Å². The molecule has 1 aliphatic rings. The van der Waals surface area contributed by atoms with E-state index in [4.69, 9.17) is 0 Å². The second kappa shape index (κ2) is 5.83. The lowest BCUT2D eigenvalue weighted by Crippen LogP contribution is -2.36. The molecule has 88 valence electrons. The standard InChI is InChI=1S/C14H20BrN/c1-2-16-10-13-7-6-12(13)8-11-4-3-5-14(15)9-11/h3-5,9,12-13,16H,2,6-8,10H2,1H3. The summed E-state index contributed by atoms with van der Waals surface area (Å²) in [5, 5.41) is 3.47. The van der Waals surface area contributed by atoms with E-state index in [1.54, 1.807) is 0 Å². The Morgan fingerprint density at radius 3 is 2.75 bits per heavy atom. The zero-order valence-electron chi connectivity index (χ0n) is 9.88. The molecule has 0 aliphatic heterocycles. The van der Waals surface area contributed by atoms with Gasteiger partial charge < -0.3 is 5.32 Å². The van der Waals surface area contributed by atoms with E-state index in [-0.39, 0.29) is 0 Å². The van der Waals surface area contributed by atoms with E-state index in [1.165, 1.54) is 35.8 Å². The maximum absolute atomic E-state index is 3.54. The highest BCUT2D eigenvalue weighted by atomic mass is 79.9. The summed E-state index contributed by atoms with van der Waals surface area (Å²) in [6.07, 6.45) is 4.06. The fraction of sp³-hybridized carbons (Fsp3) is 0.571. The average molecular weight is 282 g/mol. The predicted molar refractivity (Wildman–Crippen MR) is 72.6 cm³/mol. The molecule has 0 radical (unpaired) electrons. The first-order valence-corrected chi connectivity index (χ1v) is 7.04. The van der Waals surface area contributed by atoms with Crippen LogP contribution in [0.1, 0.15) is 25.3 Å². The van der Waals surface area contributed by atoms with E-state index in [9.17, 15) is 0 Å². The first-order chi connectivity index (χ1) is 7.79. The molecule has 0 heterocycles. The van der Waals surface area contributed by atoms with Gasteiger partial charge in [-0.25, -0.2) is 0 Å². The van der Waals surface area contributed by atoms with Crippen LogP contribution < -0.4 is 5.32 Å². The van der Waals surface area contributed by atoms with Gasteiger partial charge in [-0.15, -0.1) is 0 Å². The fourth-order valence-electron chi connectivity index (χ4n) is 2.47. The van der Waals surface area contributed by atoms with Gasteiger partial charge in [-0.1, -0.05) is 35.0 Å². The summed E-state index contributed by atoms with van der Waals surface area (Å²) in [5.41, 5.74) is 1.47. The van der Waals surface area contributed by atoms with Crippen molar-refractivity contribution >= 4 is 15.9 Å². The molecule has 2 atom stereocenters. The Labute approximate surface area is 107 Å². The van der Waals surface area contributed by atoms with Crippen molar-refractivity contribution < 1.29 is 0 Å². The third-order valence-corrected chi connectivity index (χ3v) is 4.11. The van der Waals surface area contributed by atoms with Crippen LogP contribution in [0.25, 0.3) is 0 Å². The lowest BCUT2D eigenvalue weighted by atomic mass is 9.71. The van der Waals surface area contributed by atoms with Crippen LogP contribution in [-0.4, -0.2) is 13.1 Å². The molecule has 1 aromatic carbocycles. The summed E-state index contributed by atoms with van der Waals surface area (Å²) in [5.74, 6) is 1.80. The Morgan fingerprint density at radius 1 is 1.31 bits per heavy atom. The molecule has 1 aromatic rings. The van der Waals surface area contributed by atoms with Gasteiger partial charge in [-0.2, -0.15) is 0 Å². The van der Waals surface area contributed by atoms with Crippen molar-refractivity contribution in [2.75, 3.05) is 13.1 Å². The molecule has 0 amide bonds. The minimum atomic E-state index is 0.897. The predicted octanol–water partition coefficient (Wildman–Crippen LogP) is 3.63. The van der Waals surface area contributed by atoms with E-state index in [2.05, 4.69) is 52.4 Å². The van der Waals surface area contributed by atoms with Gasteiger partial charge >= 0.3 is 0 Å². The summed E-state index contributed by atoms with van der Waals surface area (Å²) in [4.78, 5) is 0. The van der Waals surface area contributed by atoms with E-state index in [0.717, 1.165) is 18.4 Å². The molecule has 2 heteroatoms. The summed E-state index contributed by atoms with van der Waals surface area (Å²) in [6, 6.07) is 8.73. The molecule has 1 N–H and O–H groups in total. The van der Waals surface area contributed by atoms with Gasteiger partial charge in [-0.3, -0.25) is 0 Å². The molecule has 0 bridgehead atoms. The van der Waals surface area contributed by atoms with Gasteiger partial charge in [0, 0.05) is 4.47 Å². The maximum Gasteiger partial charge on any atom is 0.0177 e. The topological polar surface area (TPSA) is 12.0 Å². The highest BCUT2D eigenvalue weighted by Crippen LogP contribution is 2.36. The van der Waals surface area contributed by atoms with Gasteiger partial charge in [0.2, 0.25) is 0 Å². The van der Waals surface area contributed by atoms with Crippen molar-refractivity contribution in [1.29, 1.82) is 0 Å². The monoisotopic (exact) mass is 281 g/mol. The summed E-state index contributed by atoms with van der Waals surface area (Å²) >= 11 is 3.54. The van der Waals surface area contributed by atoms with Crippen LogP contribution in [0.15, 0.2) is 28.7 Å². The number of hydrogen-bond acceptors (Lipinski definition) is 1. The molecule has 16 heavy (non-hydrogen) atoms. The van der Waals surface area contributed by atoms with E-state index < -0.39 is 0 Å². The molecule has 1 nitrogen and oxygen atoms in total. The largest absolute Gasteiger partial charge is 0.317 e. The minimum Gasteiger partial charge on any atom is -0.317 e. The smallest absolute Gasteiger partial charge is 0.0177 e. The van der Waals surface area contributed by atoms with Crippen LogP contribution in [0.3, 0.4) is 0 Å². The Balaban J connectivity index is 1.85. The van der Waals surface area contributed by atoms with Crippen LogP contribution in [0.4, 0.5) is 0 Å². The molecular formula is C14H20BrN. The fourth-order valence-corrected chi connectivity index (χ4v) is 2.92. The molecular weight excluding hydrogens is 262 g/mol. The zero-order valence-corrected chi connectivity index (χ0v) is 11.5. The Morgan fingerprint density at radius 2 is 2.12 bits per heavy atom. The Bertz CT molecular complexity index is 337. The number of rotatable bonds is 5. The lowest BCUT2D eigenvalue weighted by molar-refractivity contribution is 0.172. The second-order valence-electron chi connectivity index (χ2n) is 4.74. The third-order valence-electron chi connectivity index (χ3n) is 3.62. The number of benzene rings is 1. The van der Waals surface area contributed by atoms with Crippen LogP contribution in [0.5, 0.6) is 0 Å². The molecule has 1 saturated carbocycles. The highest BCUT2D eigenvalue weighted by Gasteiger charge is 2.29. The Kier molecular flexibility index (Phi) is 4.42. The van der Waals surface area contributed by atoms with E-state index in [1.807, 2.05) is 0 Å². The van der Waals surface area contributed by atoms with Crippen molar-refractivity contribution in [3.8, 4) is 0 Å². The van der Waals surface area contributed by atoms with Crippen LogP contribution in [0, 0.1) is 11.8 Å². The van der Waals surface area contributed by atoms with Crippen molar-refractivity contribution in [1.82, 2.24) is 5.32 Å².